The van der Waals surface area contributed by atoms with E-state index in [1.165, 1.54) is 6.08 Å². The minimum absolute atomic E-state index is 0.00161. The van der Waals surface area contributed by atoms with Crippen LogP contribution in [-0.2, 0) is 9.53 Å². The van der Waals surface area contributed by atoms with Crippen LogP contribution in [0, 0.1) is 6.42 Å². The van der Waals surface area contributed by atoms with Crippen LogP contribution in [0.15, 0.2) is 23.5 Å². The molecule has 0 fully saturated rings. The van der Waals surface area contributed by atoms with Gasteiger partial charge in [0.05, 0.1) is 12.2 Å². The Morgan fingerprint density at radius 2 is 2.33 bits per heavy atom. The van der Waals surface area contributed by atoms with Gasteiger partial charge in [-0.15, -0.1) is 0 Å². The molecule has 1 N–H and O–H groups in total. The molecule has 15 heavy (non-hydrogen) atoms. The largest absolute Gasteiger partial charge is 0.507 e. The standard InChI is InChI=1S/C12H17O3/c1-2-3-6-9-15-12(14)10-7-4-5-8-11(10)13/h5,7-8,13H,2-4,6,9H2,1H3. The van der Waals surface area contributed by atoms with Crippen molar-refractivity contribution in [1.82, 2.24) is 0 Å². The maximum absolute atomic E-state index is 11.5. The Labute approximate surface area is 90.4 Å². The molecule has 1 aliphatic rings. The predicted octanol–water partition coefficient (Wildman–Crippen LogP) is 2.70. The number of carbonyl (C=O) groups is 1. The van der Waals surface area contributed by atoms with Crippen LogP contribution in [0.25, 0.3) is 0 Å². The van der Waals surface area contributed by atoms with Crippen LogP contribution >= 0.6 is 0 Å². The van der Waals surface area contributed by atoms with Crippen LogP contribution in [0.1, 0.15) is 32.6 Å². The van der Waals surface area contributed by atoms with Crippen molar-refractivity contribution in [2.24, 2.45) is 0 Å². The minimum atomic E-state index is -0.423. The van der Waals surface area contributed by atoms with Gasteiger partial charge < -0.3 is 9.84 Å². The average molecular weight is 209 g/mol. The molecule has 83 valence electrons. The van der Waals surface area contributed by atoms with E-state index < -0.39 is 5.97 Å². The molecule has 1 rings (SSSR count). The number of aliphatic hydroxyl groups is 1. The topological polar surface area (TPSA) is 46.5 Å². The average Bonchev–Trinajstić information content (AvgIpc) is 2.25. The number of hydrogen-bond acceptors (Lipinski definition) is 3. The lowest BCUT2D eigenvalue weighted by Crippen LogP contribution is -2.12. The van der Waals surface area contributed by atoms with Crippen LogP contribution in [0.4, 0.5) is 0 Å². The van der Waals surface area contributed by atoms with Crippen LogP contribution in [0.2, 0.25) is 0 Å². The van der Waals surface area contributed by atoms with Gasteiger partial charge in [0, 0.05) is 6.42 Å². The van der Waals surface area contributed by atoms with Crippen LogP contribution < -0.4 is 0 Å². The van der Waals surface area contributed by atoms with Gasteiger partial charge >= 0.3 is 5.97 Å². The number of hydrogen-bond donors (Lipinski definition) is 1. The molecule has 3 nitrogen and oxygen atoms in total. The maximum Gasteiger partial charge on any atom is 0.338 e. The van der Waals surface area contributed by atoms with E-state index in [4.69, 9.17) is 4.74 Å². The number of esters is 1. The molecule has 0 aliphatic heterocycles. The Bertz CT molecular complexity index is 277. The van der Waals surface area contributed by atoms with Crippen molar-refractivity contribution in [3.63, 3.8) is 0 Å². The quantitative estimate of drug-likeness (QED) is 0.559. The third-order valence-corrected chi connectivity index (χ3v) is 2.21. The summed E-state index contributed by atoms with van der Waals surface area (Å²) in [5, 5.41) is 9.40. The number of carbonyl (C=O) groups excluding carboxylic acids is 1. The number of aliphatic hydroxyl groups excluding tert-OH is 1. The molecular weight excluding hydrogens is 192 g/mol. The highest BCUT2D eigenvalue weighted by Crippen LogP contribution is 2.17. The molecule has 3 heteroatoms. The molecule has 0 bridgehead atoms. The zero-order valence-corrected chi connectivity index (χ0v) is 9.03. The molecule has 0 saturated heterocycles. The van der Waals surface area contributed by atoms with Gasteiger partial charge in [-0.25, -0.2) is 4.79 Å². The SMILES string of the molecule is CCCCCOC(=O)C1=C(O)C=CC[CH]1. The molecule has 0 aromatic heterocycles. The zero-order chi connectivity index (χ0) is 11.1. The molecule has 0 amide bonds. The number of allylic oxidation sites excluding steroid dienone is 2. The van der Waals surface area contributed by atoms with Crippen LogP contribution in [0.5, 0.6) is 0 Å². The smallest absolute Gasteiger partial charge is 0.338 e. The van der Waals surface area contributed by atoms with Crippen molar-refractivity contribution in [2.75, 3.05) is 6.61 Å². The molecule has 0 aromatic rings. The second kappa shape index (κ2) is 6.27. The first-order valence-electron chi connectivity index (χ1n) is 5.35. The Kier molecular flexibility index (Phi) is 4.95. The fraction of sp³-hybridized carbons (Fsp3) is 0.500. The van der Waals surface area contributed by atoms with Crippen molar-refractivity contribution in [3.05, 3.63) is 29.9 Å². The molecule has 0 atom stereocenters. The highest BCUT2D eigenvalue weighted by molar-refractivity contribution is 5.92. The lowest BCUT2D eigenvalue weighted by molar-refractivity contribution is -0.139. The summed E-state index contributed by atoms with van der Waals surface area (Å²) in [4.78, 5) is 11.5. The lowest BCUT2D eigenvalue weighted by atomic mass is 10.0. The van der Waals surface area contributed by atoms with E-state index in [9.17, 15) is 9.90 Å². The van der Waals surface area contributed by atoms with Gasteiger partial charge in [0.25, 0.3) is 0 Å². The zero-order valence-electron chi connectivity index (χ0n) is 9.03. The van der Waals surface area contributed by atoms with Crippen molar-refractivity contribution in [2.45, 2.75) is 32.6 Å². The highest BCUT2D eigenvalue weighted by atomic mass is 16.5. The van der Waals surface area contributed by atoms with Crippen LogP contribution in [0.3, 0.4) is 0 Å². The van der Waals surface area contributed by atoms with E-state index >= 15 is 0 Å². The first-order chi connectivity index (χ1) is 7.25. The first-order valence-corrected chi connectivity index (χ1v) is 5.35. The third kappa shape index (κ3) is 3.78. The van der Waals surface area contributed by atoms with Crippen molar-refractivity contribution in [1.29, 1.82) is 0 Å². The van der Waals surface area contributed by atoms with Gasteiger partial charge in [0.2, 0.25) is 0 Å². The lowest BCUT2D eigenvalue weighted by Gasteiger charge is -2.10. The molecular formula is C12H17O3. The normalized spacial score (nSPS) is 15.5. The van der Waals surface area contributed by atoms with E-state index in [0.29, 0.717) is 13.0 Å². The predicted molar refractivity (Wildman–Crippen MR) is 58.2 cm³/mol. The van der Waals surface area contributed by atoms with Crippen molar-refractivity contribution < 1.29 is 14.6 Å². The molecule has 0 heterocycles. The van der Waals surface area contributed by atoms with Gasteiger partial charge in [-0.1, -0.05) is 25.8 Å². The molecule has 0 unspecified atom stereocenters. The summed E-state index contributed by atoms with van der Waals surface area (Å²) >= 11 is 0. The second-order valence-corrected chi connectivity index (χ2v) is 3.48. The first kappa shape index (κ1) is 11.8. The van der Waals surface area contributed by atoms with E-state index in [2.05, 4.69) is 6.92 Å². The second-order valence-electron chi connectivity index (χ2n) is 3.48. The van der Waals surface area contributed by atoms with E-state index in [-0.39, 0.29) is 11.3 Å². The Hall–Kier alpha value is -1.25. The van der Waals surface area contributed by atoms with E-state index in [1.807, 2.05) is 0 Å². The number of ether oxygens (including phenoxy) is 1. The summed E-state index contributed by atoms with van der Waals surface area (Å²) in [6.07, 6.45) is 8.71. The summed E-state index contributed by atoms with van der Waals surface area (Å²) < 4.78 is 5.03. The molecule has 0 spiro atoms. The maximum atomic E-state index is 11.5. The summed E-state index contributed by atoms with van der Waals surface area (Å²) in [5.41, 5.74) is 0.286. The minimum Gasteiger partial charge on any atom is -0.507 e. The molecule has 0 aromatic carbocycles. The monoisotopic (exact) mass is 209 g/mol. The van der Waals surface area contributed by atoms with E-state index in [1.54, 1.807) is 12.5 Å². The van der Waals surface area contributed by atoms with Gasteiger partial charge in [0.1, 0.15) is 5.76 Å². The van der Waals surface area contributed by atoms with E-state index in [0.717, 1.165) is 19.3 Å². The highest BCUT2D eigenvalue weighted by Gasteiger charge is 2.17. The van der Waals surface area contributed by atoms with Crippen molar-refractivity contribution >= 4 is 5.97 Å². The Morgan fingerprint density at radius 1 is 1.53 bits per heavy atom. The van der Waals surface area contributed by atoms with Gasteiger partial charge in [-0.3, -0.25) is 0 Å². The van der Waals surface area contributed by atoms with Crippen LogP contribution in [-0.4, -0.2) is 17.7 Å². The summed E-state index contributed by atoms with van der Waals surface area (Å²) in [7, 11) is 0. The fourth-order valence-corrected chi connectivity index (χ4v) is 1.34. The van der Waals surface area contributed by atoms with Gasteiger partial charge in [0.15, 0.2) is 0 Å². The summed E-state index contributed by atoms with van der Waals surface area (Å²) in [5.74, 6) is -0.422. The summed E-state index contributed by atoms with van der Waals surface area (Å²) in [6.45, 7) is 2.52. The van der Waals surface area contributed by atoms with Crippen molar-refractivity contribution in [3.8, 4) is 0 Å². The number of unbranched alkanes of at least 4 members (excludes halogenated alkanes) is 2. The number of rotatable bonds is 5. The molecule has 0 saturated carbocycles. The van der Waals surface area contributed by atoms with Gasteiger partial charge in [-0.2, -0.15) is 0 Å². The third-order valence-electron chi connectivity index (χ3n) is 2.21. The Morgan fingerprint density at radius 3 is 3.00 bits per heavy atom. The molecule has 1 aliphatic carbocycles. The fourth-order valence-electron chi connectivity index (χ4n) is 1.34. The summed E-state index contributed by atoms with van der Waals surface area (Å²) in [6, 6.07) is 0. The molecule has 1 radical (unpaired) electrons. The Balaban J connectivity index is 2.36. The van der Waals surface area contributed by atoms with Gasteiger partial charge in [-0.05, 0) is 18.9 Å².